The SMILES string of the molecule is C=S1(=O)NC(=O)c2ccc3c(c2)N(C[C@@H]2CC[C@H]2[C@H](O)C[C@H](C)C[C@H](C)[C@H]1C)C[C@@]1(CCCc2cc(Cl)ccc21)CO3. The monoisotopic (exact) mass is 612 g/mol. The Balaban J connectivity index is 1.42. The molecular formula is C34H45ClN2O4S. The van der Waals surface area contributed by atoms with E-state index in [1.165, 1.54) is 11.1 Å². The predicted octanol–water partition coefficient (Wildman–Crippen LogP) is 6.02. The van der Waals surface area contributed by atoms with E-state index in [-0.39, 0.29) is 40.4 Å². The van der Waals surface area contributed by atoms with Crippen molar-refractivity contribution in [3.63, 3.8) is 0 Å². The zero-order valence-corrected chi connectivity index (χ0v) is 26.7. The summed E-state index contributed by atoms with van der Waals surface area (Å²) in [6.07, 6.45) is 6.38. The Bertz CT molecular complexity index is 1460. The highest BCUT2D eigenvalue weighted by molar-refractivity contribution is 7.99. The number of amides is 1. The quantitative estimate of drug-likeness (QED) is 0.356. The fourth-order valence-corrected chi connectivity index (χ4v) is 9.73. The lowest BCUT2D eigenvalue weighted by Crippen LogP contribution is -2.49. The minimum Gasteiger partial charge on any atom is -0.490 e. The van der Waals surface area contributed by atoms with Crippen LogP contribution in [-0.4, -0.2) is 52.1 Å². The average Bonchev–Trinajstić information content (AvgIpc) is 3.06. The van der Waals surface area contributed by atoms with Gasteiger partial charge in [0.05, 0.1) is 28.1 Å². The lowest BCUT2D eigenvalue weighted by Gasteiger charge is -2.46. The molecule has 2 N–H and O–H groups in total. The molecule has 2 bridgehead atoms. The number of carbonyl (C=O) groups excluding carboxylic acids is 1. The van der Waals surface area contributed by atoms with E-state index in [1.54, 1.807) is 6.07 Å². The molecule has 1 spiro atoms. The number of halogens is 1. The van der Waals surface area contributed by atoms with Crippen molar-refractivity contribution in [1.82, 2.24) is 4.72 Å². The highest BCUT2D eigenvalue weighted by Gasteiger charge is 2.44. The second-order valence-corrected chi connectivity index (χ2v) is 16.6. The second-order valence-electron chi connectivity index (χ2n) is 13.8. The topological polar surface area (TPSA) is 78.9 Å². The van der Waals surface area contributed by atoms with Gasteiger partial charge in [-0.1, -0.05) is 31.5 Å². The van der Waals surface area contributed by atoms with E-state index in [2.05, 4.69) is 41.5 Å². The lowest BCUT2D eigenvalue weighted by atomic mass is 9.67. The molecule has 8 atom stereocenters. The zero-order chi connectivity index (χ0) is 29.8. The maximum absolute atomic E-state index is 13.7. The molecule has 1 amide bonds. The Morgan fingerprint density at radius 1 is 1.14 bits per heavy atom. The van der Waals surface area contributed by atoms with Crippen LogP contribution in [0.4, 0.5) is 5.69 Å². The van der Waals surface area contributed by atoms with Crippen LogP contribution < -0.4 is 14.4 Å². The molecule has 0 saturated heterocycles. The molecule has 0 aromatic heterocycles. The first-order valence-corrected chi connectivity index (χ1v) is 17.8. The summed E-state index contributed by atoms with van der Waals surface area (Å²) in [6.45, 7) is 8.26. The fraction of sp³-hybridized carbons (Fsp3) is 0.588. The van der Waals surface area contributed by atoms with Crippen LogP contribution in [0.15, 0.2) is 36.4 Å². The highest BCUT2D eigenvalue weighted by atomic mass is 35.5. The number of hydrogen-bond acceptors (Lipinski definition) is 5. The Labute approximate surface area is 256 Å². The summed E-state index contributed by atoms with van der Waals surface area (Å²) in [5, 5.41) is 11.9. The molecule has 2 aliphatic heterocycles. The molecule has 6 rings (SSSR count). The van der Waals surface area contributed by atoms with Crippen molar-refractivity contribution < 1.29 is 18.8 Å². The van der Waals surface area contributed by atoms with E-state index in [0.29, 0.717) is 18.1 Å². The minimum absolute atomic E-state index is 0.0861. The van der Waals surface area contributed by atoms with Crippen molar-refractivity contribution in [2.24, 2.45) is 23.7 Å². The lowest BCUT2D eigenvalue weighted by molar-refractivity contribution is 0.000390. The number of ether oxygens (including phenoxy) is 1. The van der Waals surface area contributed by atoms with Crippen LogP contribution in [0.1, 0.15) is 80.8 Å². The first kappa shape index (κ1) is 29.8. The summed E-state index contributed by atoms with van der Waals surface area (Å²) in [4.78, 5) is 15.9. The Kier molecular flexibility index (Phi) is 8.07. The maximum atomic E-state index is 13.7. The molecule has 0 radical (unpaired) electrons. The van der Waals surface area contributed by atoms with Gasteiger partial charge in [0, 0.05) is 34.3 Å². The number of rotatable bonds is 0. The fourth-order valence-electron chi connectivity index (χ4n) is 8.06. The van der Waals surface area contributed by atoms with Crippen LogP contribution in [0.5, 0.6) is 5.75 Å². The number of aliphatic hydroxyl groups is 1. The molecule has 2 aliphatic carbocycles. The van der Waals surface area contributed by atoms with Gasteiger partial charge in [0.1, 0.15) is 5.75 Å². The third-order valence-electron chi connectivity index (χ3n) is 10.8. The van der Waals surface area contributed by atoms with Crippen molar-refractivity contribution in [3.8, 4) is 5.75 Å². The predicted molar refractivity (Wildman–Crippen MR) is 172 cm³/mol. The summed E-state index contributed by atoms with van der Waals surface area (Å²) in [5.41, 5.74) is 3.72. The van der Waals surface area contributed by atoms with Crippen LogP contribution in [0, 0.1) is 23.7 Å². The van der Waals surface area contributed by atoms with Gasteiger partial charge in [-0.05, 0) is 123 Å². The molecule has 2 heterocycles. The number of nitrogens with zero attached hydrogens (tertiary/aromatic N) is 1. The van der Waals surface area contributed by atoms with E-state index in [1.807, 2.05) is 25.1 Å². The van der Waals surface area contributed by atoms with Crippen LogP contribution in [0.2, 0.25) is 5.02 Å². The number of benzene rings is 2. The normalized spacial score (nSPS) is 37.0. The Morgan fingerprint density at radius 3 is 2.71 bits per heavy atom. The zero-order valence-electron chi connectivity index (χ0n) is 25.1. The van der Waals surface area contributed by atoms with E-state index < -0.39 is 9.71 Å². The summed E-state index contributed by atoms with van der Waals surface area (Å²) in [6, 6.07) is 11.8. The number of aryl methyl sites for hydroxylation is 1. The number of aliphatic hydroxyl groups excluding tert-OH is 1. The Morgan fingerprint density at radius 2 is 1.95 bits per heavy atom. The number of nitrogens with one attached hydrogen (secondary N) is 1. The van der Waals surface area contributed by atoms with Crippen LogP contribution >= 0.6 is 11.6 Å². The number of carbonyl (C=O) groups is 1. The van der Waals surface area contributed by atoms with Gasteiger partial charge in [-0.25, -0.2) is 4.21 Å². The molecule has 2 aromatic carbocycles. The number of anilines is 1. The van der Waals surface area contributed by atoms with Gasteiger partial charge < -0.3 is 14.7 Å². The van der Waals surface area contributed by atoms with Gasteiger partial charge in [0.15, 0.2) is 0 Å². The maximum Gasteiger partial charge on any atom is 0.262 e. The summed E-state index contributed by atoms with van der Waals surface area (Å²) < 4.78 is 23.1. The second kappa shape index (κ2) is 11.4. The third kappa shape index (κ3) is 5.57. The van der Waals surface area contributed by atoms with E-state index >= 15 is 0 Å². The molecule has 228 valence electrons. The van der Waals surface area contributed by atoms with Crippen LogP contribution in [0.25, 0.3) is 0 Å². The van der Waals surface area contributed by atoms with Gasteiger partial charge >= 0.3 is 0 Å². The molecule has 4 aliphatic rings. The van der Waals surface area contributed by atoms with Gasteiger partial charge in [0.2, 0.25) is 0 Å². The third-order valence-corrected chi connectivity index (χ3v) is 13.2. The first-order valence-electron chi connectivity index (χ1n) is 15.6. The van der Waals surface area contributed by atoms with Crippen molar-refractivity contribution >= 4 is 38.8 Å². The molecule has 42 heavy (non-hydrogen) atoms. The van der Waals surface area contributed by atoms with Crippen LogP contribution in [-0.2, 0) is 21.5 Å². The molecule has 2 aromatic rings. The van der Waals surface area contributed by atoms with E-state index in [0.717, 1.165) is 74.5 Å². The number of hydrogen-bond donors (Lipinski definition) is 2. The molecule has 1 fully saturated rings. The van der Waals surface area contributed by atoms with Crippen molar-refractivity contribution in [3.05, 3.63) is 58.1 Å². The van der Waals surface area contributed by atoms with Gasteiger partial charge in [-0.3, -0.25) is 9.52 Å². The summed E-state index contributed by atoms with van der Waals surface area (Å²) in [5.74, 6) is 5.35. The van der Waals surface area contributed by atoms with Gasteiger partial charge in [-0.2, -0.15) is 0 Å². The Hall–Kier alpha value is -2.22. The average molecular weight is 613 g/mol. The van der Waals surface area contributed by atoms with E-state index in [9.17, 15) is 14.1 Å². The first-order chi connectivity index (χ1) is 20.0. The molecule has 1 saturated carbocycles. The highest BCUT2D eigenvalue weighted by Crippen LogP contribution is 2.47. The molecular weight excluding hydrogens is 568 g/mol. The van der Waals surface area contributed by atoms with Crippen molar-refractivity contribution in [1.29, 1.82) is 0 Å². The van der Waals surface area contributed by atoms with E-state index in [4.69, 9.17) is 16.3 Å². The van der Waals surface area contributed by atoms with Crippen molar-refractivity contribution in [2.45, 2.75) is 82.5 Å². The standard InChI is InChI=1S/C34H45ClN2O4S/c1-21-14-22(2)23(3)42(4,40)36-33(39)25-8-12-32-30(17-25)37(18-26-7-10-28(26)31(38)15-21)19-34(20-41-32)13-5-6-24-16-27(35)9-11-29(24)34/h8-9,11-12,16-17,21-23,26,28,31,38H,4-7,10,13-15,18-20H2,1-3H3,(H,36,39,40)/t21-,22+,23-,26+,28-,31-,34+,42?/m1/s1. The van der Waals surface area contributed by atoms with Gasteiger partial charge in [-0.15, -0.1) is 0 Å². The minimum atomic E-state index is -2.90. The smallest absolute Gasteiger partial charge is 0.262 e. The van der Waals surface area contributed by atoms with Crippen molar-refractivity contribution in [2.75, 3.05) is 24.6 Å². The summed E-state index contributed by atoms with van der Waals surface area (Å²) >= 11 is 6.41. The number of fused-ring (bicyclic) bond motifs is 4. The van der Waals surface area contributed by atoms with Gasteiger partial charge in [0.25, 0.3) is 5.91 Å². The molecule has 8 heteroatoms. The largest absolute Gasteiger partial charge is 0.490 e. The molecule has 6 nitrogen and oxygen atoms in total. The summed E-state index contributed by atoms with van der Waals surface area (Å²) in [7, 11) is -2.90. The van der Waals surface area contributed by atoms with Crippen LogP contribution in [0.3, 0.4) is 0 Å². The molecule has 1 unspecified atom stereocenters.